The monoisotopic (exact) mass is 325 g/mol. The van der Waals surface area contributed by atoms with Crippen LogP contribution in [0.5, 0.6) is 5.75 Å². The van der Waals surface area contributed by atoms with Crippen molar-refractivity contribution in [2.75, 3.05) is 6.61 Å². The third-order valence-electron chi connectivity index (χ3n) is 4.03. The summed E-state index contributed by atoms with van der Waals surface area (Å²) in [4.78, 5) is 0. The Kier molecular flexibility index (Phi) is 4.10. The zero-order valence-corrected chi connectivity index (χ0v) is 12.6. The number of halogens is 1. The molecule has 3 rings (SSSR count). The van der Waals surface area contributed by atoms with Gasteiger partial charge in [-0.05, 0) is 30.5 Å². The zero-order valence-electron chi connectivity index (χ0n) is 11.0. The van der Waals surface area contributed by atoms with Crippen LogP contribution in [0.25, 0.3) is 0 Å². The van der Waals surface area contributed by atoms with Gasteiger partial charge in [-0.2, -0.15) is 0 Å². The minimum Gasteiger partial charge on any atom is -0.493 e. The predicted molar refractivity (Wildman–Crippen MR) is 78.4 cm³/mol. The van der Waals surface area contributed by atoms with Crippen molar-refractivity contribution in [1.82, 2.24) is 0 Å². The molecule has 1 fully saturated rings. The maximum absolute atomic E-state index is 6.12. The molecule has 2 N–H and O–H groups in total. The molecule has 2 unspecified atom stereocenters. The summed E-state index contributed by atoms with van der Waals surface area (Å²) in [5.41, 5.74) is 8.54. The minimum atomic E-state index is 0.190. The molecular weight excluding hydrogens is 306 g/mol. The Bertz CT molecular complexity index is 464. The molecule has 0 radical (unpaired) electrons. The number of hydrogen-bond acceptors (Lipinski definition) is 3. The largest absolute Gasteiger partial charge is 0.493 e. The van der Waals surface area contributed by atoms with Crippen LogP contribution in [0.1, 0.15) is 36.8 Å². The van der Waals surface area contributed by atoms with Gasteiger partial charge in [-0.15, -0.1) is 0 Å². The average molecular weight is 326 g/mol. The van der Waals surface area contributed by atoms with E-state index in [1.54, 1.807) is 0 Å². The number of ether oxygens (including phenoxy) is 2. The van der Waals surface area contributed by atoms with Gasteiger partial charge in [0.15, 0.2) is 0 Å². The normalized spacial score (nSPS) is 26.0. The maximum Gasteiger partial charge on any atom is 0.128 e. The van der Waals surface area contributed by atoms with Crippen LogP contribution in [0, 0.1) is 0 Å². The van der Waals surface area contributed by atoms with Crippen LogP contribution < -0.4 is 10.5 Å². The average Bonchev–Trinajstić information content (AvgIpc) is 2.85. The summed E-state index contributed by atoms with van der Waals surface area (Å²) in [6.07, 6.45) is 5.81. The summed E-state index contributed by atoms with van der Waals surface area (Å²) in [7, 11) is 0. The molecule has 0 aromatic heterocycles. The van der Waals surface area contributed by atoms with Gasteiger partial charge in [0.05, 0.1) is 19.3 Å². The van der Waals surface area contributed by atoms with Crippen LogP contribution >= 0.6 is 15.9 Å². The summed E-state index contributed by atoms with van der Waals surface area (Å²) in [6.45, 7) is 1.38. The van der Waals surface area contributed by atoms with E-state index in [-0.39, 0.29) is 12.1 Å². The lowest BCUT2D eigenvalue weighted by molar-refractivity contribution is 0.00328. The number of hydrogen-bond donors (Lipinski definition) is 1. The molecule has 1 heterocycles. The molecule has 2 aliphatic rings. The Morgan fingerprint density at radius 3 is 3.00 bits per heavy atom. The summed E-state index contributed by atoms with van der Waals surface area (Å²) in [6, 6.07) is 4.42. The smallest absolute Gasteiger partial charge is 0.128 e. The molecule has 0 saturated heterocycles. The van der Waals surface area contributed by atoms with Crippen molar-refractivity contribution < 1.29 is 9.47 Å². The second-order valence-corrected chi connectivity index (χ2v) is 6.37. The second-order valence-electron chi connectivity index (χ2n) is 5.45. The van der Waals surface area contributed by atoms with Crippen LogP contribution in [0.2, 0.25) is 0 Å². The lowest BCUT2D eigenvalue weighted by Gasteiger charge is -2.28. The fourth-order valence-corrected chi connectivity index (χ4v) is 3.54. The Morgan fingerprint density at radius 2 is 2.16 bits per heavy atom. The first-order valence-electron chi connectivity index (χ1n) is 7.05. The first kappa shape index (κ1) is 13.4. The van der Waals surface area contributed by atoms with Crippen molar-refractivity contribution >= 4 is 15.9 Å². The molecule has 0 spiro atoms. The molecule has 3 nitrogen and oxygen atoms in total. The molecule has 19 heavy (non-hydrogen) atoms. The van der Waals surface area contributed by atoms with Gasteiger partial charge >= 0.3 is 0 Å². The van der Waals surface area contributed by atoms with Crippen molar-refractivity contribution in [2.24, 2.45) is 5.73 Å². The lowest BCUT2D eigenvalue weighted by atomic mass is 9.93. The van der Waals surface area contributed by atoms with Crippen LogP contribution in [-0.4, -0.2) is 18.8 Å². The van der Waals surface area contributed by atoms with Crippen LogP contribution in [-0.2, 0) is 17.8 Å². The van der Waals surface area contributed by atoms with Gasteiger partial charge in [-0.1, -0.05) is 28.8 Å². The van der Waals surface area contributed by atoms with E-state index in [1.807, 2.05) is 0 Å². The SMILES string of the molecule is NC1CCCCC1OCc1cc(Br)cc2c1OCC2. The predicted octanol–water partition coefficient (Wildman–Crippen LogP) is 3.17. The molecule has 1 aromatic rings. The molecule has 0 bridgehead atoms. The first-order valence-corrected chi connectivity index (χ1v) is 7.84. The highest BCUT2D eigenvalue weighted by Gasteiger charge is 2.24. The van der Waals surface area contributed by atoms with Crippen LogP contribution in [0.3, 0.4) is 0 Å². The van der Waals surface area contributed by atoms with Crippen molar-refractivity contribution in [3.63, 3.8) is 0 Å². The van der Waals surface area contributed by atoms with E-state index in [9.17, 15) is 0 Å². The van der Waals surface area contributed by atoms with E-state index in [4.69, 9.17) is 15.2 Å². The molecule has 1 aliphatic heterocycles. The van der Waals surface area contributed by atoms with E-state index in [1.165, 1.54) is 18.4 Å². The van der Waals surface area contributed by atoms with Crippen molar-refractivity contribution in [2.45, 2.75) is 50.9 Å². The summed E-state index contributed by atoms with van der Waals surface area (Å²) < 4.78 is 12.9. The topological polar surface area (TPSA) is 44.5 Å². The lowest BCUT2D eigenvalue weighted by Crippen LogP contribution is -2.39. The van der Waals surface area contributed by atoms with Gasteiger partial charge in [0.25, 0.3) is 0 Å². The molecule has 2 atom stereocenters. The van der Waals surface area contributed by atoms with E-state index >= 15 is 0 Å². The Hall–Kier alpha value is -0.580. The molecular formula is C15H20BrNO2. The van der Waals surface area contributed by atoms with Gasteiger partial charge in [-0.3, -0.25) is 0 Å². The van der Waals surface area contributed by atoms with Gasteiger partial charge in [0, 0.05) is 22.5 Å². The number of fused-ring (bicyclic) bond motifs is 1. The second kappa shape index (κ2) is 5.81. The highest BCUT2D eigenvalue weighted by Crippen LogP contribution is 2.34. The van der Waals surface area contributed by atoms with E-state index in [0.29, 0.717) is 6.61 Å². The summed E-state index contributed by atoms with van der Waals surface area (Å²) in [5, 5.41) is 0. The third-order valence-corrected chi connectivity index (χ3v) is 4.49. The number of rotatable bonds is 3. The summed E-state index contributed by atoms with van der Waals surface area (Å²) >= 11 is 3.56. The van der Waals surface area contributed by atoms with Crippen LogP contribution in [0.4, 0.5) is 0 Å². The minimum absolute atomic E-state index is 0.190. The molecule has 0 amide bonds. The van der Waals surface area contributed by atoms with Gasteiger partial charge < -0.3 is 15.2 Å². The van der Waals surface area contributed by atoms with Gasteiger partial charge in [0.2, 0.25) is 0 Å². The fourth-order valence-electron chi connectivity index (χ4n) is 2.98. The molecule has 1 aromatic carbocycles. The van der Waals surface area contributed by atoms with E-state index < -0.39 is 0 Å². The number of benzene rings is 1. The summed E-state index contributed by atoms with van der Waals surface area (Å²) in [5.74, 6) is 1.02. The fraction of sp³-hybridized carbons (Fsp3) is 0.600. The standard InChI is InChI=1S/C15H20BrNO2/c16-12-7-10-5-6-18-15(10)11(8-12)9-19-14-4-2-1-3-13(14)17/h7-8,13-14H,1-6,9,17H2. The zero-order chi connectivity index (χ0) is 13.2. The van der Waals surface area contributed by atoms with E-state index in [2.05, 4.69) is 28.1 Å². The Labute approximate surface area is 122 Å². The van der Waals surface area contributed by atoms with Crippen molar-refractivity contribution in [3.8, 4) is 5.75 Å². The highest BCUT2D eigenvalue weighted by molar-refractivity contribution is 9.10. The van der Waals surface area contributed by atoms with Gasteiger partial charge in [-0.25, -0.2) is 0 Å². The third kappa shape index (κ3) is 2.96. The van der Waals surface area contributed by atoms with E-state index in [0.717, 1.165) is 41.7 Å². The van der Waals surface area contributed by atoms with Crippen molar-refractivity contribution in [1.29, 1.82) is 0 Å². The van der Waals surface area contributed by atoms with Gasteiger partial charge in [0.1, 0.15) is 5.75 Å². The maximum atomic E-state index is 6.12. The number of nitrogens with two attached hydrogens (primary N) is 1. The molecule has 1 saturated carbocycles. The molecule has 4 heteroatoms. The Balaban J connectivity index is 1.70. The highest BCUT2D eigenvalue weighted by atomic mass is 79.9. The van der Waals surface area contributed by atoms with Crippen molar-refractivity contribution in [3.05, 3.63) is 27.7 Å². The molecule has 1 aliphatic carbocycles. The quantitative estimate of drug-likeness (QED) is 0.928. The van der Waals surface area contributed by atoms with Crippen LogP contribution in [0.15, 0.2) is 16.6 Å². The Morgan fingerprint density at radius 1 is 1.32 bits per heavy atom. The molecule has 104 valence electrons. The first-order chi connectivity index (χ1) is 9.24.